The van der Waals surface area contributed by atoms with Crippen LogP contribution in [0.15, 0.2) is 72.8 Å². The Kier molecular flexibility index (Phi) is 9.25. The van der Waals surface area contributed by atoms with Crippen LogP contribution in [-0.4, -0.2) is 54.2 Å². The first-order valence-corrected chi connectivity index (χ1v) is 13.5. The molecule has 1 unspecified atom stereocenters. The summed E-state index contributed by atoms with van der Waals surface area (Å²) in [7, 11) is 0. The maximum atomic E-state index is 13.6. The predicted octanol–water partition coefficient (Wildman–Crippen LogP) is 5.76. The molecule has 3 aromatic rings. The van der Waals surface area contributed by atoms with E-state index < -0.39 is 17.6 Å². The van der Waals surface area contributed by atoms with Crippen molar-refractivity contribution in [1.29, 1.82) is 0 Å². The van der Waals surface area contributed by atoms with E-state index in [0.717, 1.165) is 5.56 Å². The van der Waals surface area contributed by atoms with E-state index in [0.29, 0.717) is 47.0 Å². The molecule has 0 spiro atoms. The number of anilines is 2. The number of rotatable bonds is 8. The largest absolute Gasteiger partial charge is 0.456 e. The van der Waals surface area contributed by atoms with Gasteiger partial charge in [-0.3, -0.25) is 14.4 Å². The number of esters is 1. The van der Waals surface area contributed by atoms with Crippen LogP contribution in [0.4, 0.5) is 11.4 Å². The molecule has 0 aromatic heterocycles. The van der Waals surface area contributed by atoms with Gasteiger partial charge in [0.05, 0.1) is 11.3 Å². The molecule has 1 amide bonds. The van der Waals surface area contributed by atoms with Gasteiger partial charge in [-0.1, -0.05) is 41.9 Å². The summed E-state index contributed by atoms with van der Waals surface area (Å²) in [5, 5.41) is 5.18. The highest BCUT2D eigenvalue weighted by atomic mass is 35.5. The smallest absolute Gasteiger partial charge is 0.338 e. The van der Waals surface area contributed by atoms with Gasteiger partial charge in [0.1, 0.15) is 18.4 Å². The molecule has 1 heterocycles. The second kappa shape index (κ2) is 12.6. The summed E-state index contributed by atoms with van der Waals surface area (Å²) in [6.07, 6.45) is 0.429. The minimum Gasteiger partial charge on any atom is -0.456 e. The first-order chi connectivity index (χ1) is 19.0. The molecule has 3 aromatic carbocycles. The topological polar surface area (TPSA) is 88.2 Å². The fourth-order valence-electron chi connectivity index (χ4n) is 4.41. The lowest BCUT2D eigenvalue weighted by Crippen LogP contribution is -2.53. The summed E-state index contributed by atoms with van der Waals surface area (Å²) in [5.74, 6) is -0.728. The van der Waals surface area contributed by atoms with Crippen LogP contribution in [0.3, 0.4) is 0 Å². The minimum absolute atomic E-state index is 0.0619. The average Bonchev–Trinajstić information content (AvgIpc) is 2.91. The summed E-state index contributed by atoms with van der Waals surface area (Å²) >= 11 is 6.22. The maximum absolute atomic E-state index is 13.6. The van der Waals surface area contributed by atoms with Crippen LogP contribution in [0.5, 0.6) is 0 Å². The Morgan fingerprint density at radius 1 is 1.00 bits per heavy atom. The standard InChI is InChI=1S/C31H34ClN3O5/c1-21(36)26-15-12-24(32)19-27(26)34-16-17-35(39-20-34)28(18-22-8-6-5-7-9-22)29(37)33-25-13-10-23(11-14-25)30(38)40-31(2,3)4/h5-15,19,28H,16-18,20H2,1-4H3,(H,33,37). The van der Waals surface area contributed by atoms with Gasteiger partial charge in [0, 0.05) is 29.4 Å². The summed E-state index contributed by atoms with van der Waals surface area (Å²) < 4.78 is 5.42. The Hall–Kier alpha value is -3.72. The van der Waals surface area contributed by atoms with Crippen LogP contribution in [0, 0.1) is 0 Å². The molecular formula is C31H34ClN3O5. The van der Waals surface area contributed by atoms with Crippen molar-refractivity contribution in [3.63, 3.8) is 0 Å². The first-order valence-electron chi connectivity index (χ1n) is 13.1. The van der Waals surface area contributed by atoms with Gasteiger partial charge in [-0.2, -0.15) is 5.06 Å². The maximum Gasteiger partial charge on any atom is 0.338 e. The zero-order valence-corrected chi connectivity index (χ0v) is 23.9. The van der Waals surface area contributed by atoms with Crippen LogP contribution in [0.25, 0.3) is 0 Å². The molecular weight excluding hydrogens is 530 g/mol. The number of carbonyl (C=O) groups is 3. The van der Waals surface area contributed by atoms with E-state index in [1.165, 1.54) is 6.92 Å². The van der Waals surface area contributed by atoms with Gasteiger partial charge < -0.3 is 15.0 Å². The quantitative estimate of drug-likeness (QED) is 0.275. The molecule has 0 radical (unpaired) electrons. The molecule has 210 valence electrons. The van der Waals surface area contributed by atoms with Crippen molar-refractivity contribution < 1.29 is 24.0 Å². The first kappa shape index (κ1) is 29.3. The van der Waals surface area contributed by atoms with Crippen LogP contribution in [0.1, 0.15) is 54.0 Å². The number of ketones is 1. The number of amides is 1. The number of hydroxylamine groups is 2. The Morgan fingerprint density at radius 2 is 1.70 bits per heavy atom. The monoisotopic (exact) mass is 563 g/mol. The average molecular weight is 564 g/mol. The fraction of sp³-hybridized carbons (Fsp3) is 0.323. The number of halogens is 1. The molecule has 0 saturated carbocycles. The number of benzene rings is 3. The second-order valence-electron chi connectivity index (χ2n) is 10.7. The normalized spacial score (nSPS) is 14.9. The van der Waals surface area contributed by atoms with Crippen LogP contribution >= 0.6 is 11.6 Å². The minimum atomic E-state index is -0.623. The molecule has 8 nitrogen and oxygen atoms in total. The third kappa shape index (κ3) is 7.69. The van der Waals surface area contributed by atoms with Crippen LogP contribution < -0.4 is 10.2 Å². The number of hydrogen-bond acceptors (Lipinski definition) is 7. The highest BCUT2D eigenvalue weighted by molar-refractivity contribution is 6.31. The molecule has 0 aliphatic carbocycles. The van der Waals surface area contributed by atoms with E-state index in [1.54, 1.807) is 47.5 Å². The number of ether oxygens (including phenoxy) is 1. The Labute approximate surface area is 239 Å². The van der Waals surface area contributed by atoms with E-state index >= 15 is 0 Å². The molecule has 1 aliphatic rings. The molecule has 1 aliphatic heterocycles. The van der Waals surface area contributed by atoms with Crippen molar-refractivity contribution in [3.8, 4) is 0 Å². The van der Waals surface area contributed by atoms with Crippen LogP contribution in [-0.2, 0) is 20.8 Å². The van der Waals surface area contributed by atoms with Gasteiger partial charge in [-0.25, -0.2) is 4.79 Å². The Morgan fingerprint density at radius 3 is 2.30 bits per heavy atom. The molecule has 9 heteroatoms. The predicted molar refractivity (Wildman–Crippen MR) is 156 cm³/mol. The summed E-state index contributed by atoms with van der Waals surface area (Å²) in [6.45, 7) is 8.06. The third-order valence-corrected chi connectivity index (χ3v) is 6.59. The lowest BCUT2D eigenvalue weighted by Gasteiger charge is -2.39. The summed E-state index contributed by atoms with van der Waals surface area (Å²) in [5.41, 5.74) is 2.61. The van der Waals surface area contributed by atoms with Crippen LogP contribution in [0.2, 0.25) is 5.02 Å². The van der Waals surface area contributed by atoms with Gasteiger partial charge >= 0.3 is 5.97 Å². The fourth-order valence-corrected chi connectivity index (χ4v) is 4.57. The zero-order chi connectivity index (χ0) is 28.9. The van der Waals surface area contributed by atoms with E-state index in [-0.39, 0.29) is 18.4 Å². The second-order valence-corrected chi connectivity index (χ2v) is 11.1. The number of Topliss-reactive ketones (excluding diaryl/α,β-unsaturated/α-hetero) is 1. The van der Waals surface area contributed by atoms with Gasteiger partial charge in [0.15, 0.2) is 5.78 Å². The number of hydrogen-bond donors (Lipinski definition) is 1. The Balaban J connectivity index is 1.48. The van der Waals surface area contributed by atoms with E-state index in [9.17, 15) is 14.4 Å². The summed E-state index contributed by atoms with van der Waals surface area (Å²) in [6, 6.07) is 20.9. The highest BCUT2D eigenvalue weighted by Crippen LogP contribution is 2.28. The Bertz CT molecular complexity index is 1350. The van der Waals surface area contributed by atoms with E-state index in [4.69, 9.17) is 21.2 Å². The molecule has 1 N–H and O–H groups in total. The van der Waals surface area contributed by atoms with Gasteiger partial charge in [-0.15, -0.1) is 0 Å². The molecule has 1 atom stereocenters. The van der Waals surface area contributed by atoms with Crippen molar-refractivity contribution in [2.24, 2.45) is 0 Å². The number of carbonyl (C=O) groups excluding carboxylic acids is 3. The van der Waals surface area contributed by atoms with Gasteiger partial charge in [0.25, 0.3) is 0 Å². The lowest BCUT2D eigenvalue weighted by molar-refractivity contribution is -0.200. The molecule has 1 fully saturated rings. The SMILES string of the molecule is CC(=O)c1ccc(Cl)cc1N1CCN(C(Cc2ccccc2)C(=O)Nc2ccc(C(=O)OC(C)(C)C)cc2)OC1. The molecule has 40 heavy (non-hydrogen) atoms. The third-order valence-electron chi connectivity index (χ3n) is 6.36. The summed E-state index contributed by atoms with van der Waals surface area (Å²) in [4.78, 5) is 46.1. The van der Waals surface area contributed by atoms with Crippen molar-refractivity contribution in [2.45, 2.75) is 45.8 Å². The molecule has 1 saturated heterocycles. The molecule has 0 bridgehead atoms. The van der Waals surface area contributed by atoms with Gasteiger partial charge in [0.2, 0.25) is 5.91 Å². The zero-order valence-electron chi connectivity index (χ0n) is 23.1. The van der Waals surface area contributed by atoms with Crippen molar-refractivity contribution >= 4 is 40.6 Å². The molecule has 4 rings (SSSR count). The number of nitrogens with one attached hydrogen (secondary N) is 1. The highest BCUT2D eigenvalue weighted by Gasteiger charge is 2.32. The lowest BCUT2D eigenvalue weighted by atomic mass is 10.0. The number of nitrogens with zero attached hydrogens (tertiary/aromatic N) is 2. The van der Waals surface area contributed by atoms with Crippen molar-refractivity contribution in [1.82, 2.24) is 5.06 Å². The van der Waals surface area contributed by atoms with Gasteiger partial charge in [-0.05, 0) is 82.1 Å². The van der Waals surface area contributed by atoms with E-state index in [2.05, 4.69) is 5.32 Å². The van der Waals surface area contributed by atoms with Crippen molar-refractivity contribution in [3.05, 3.63) is 94.5 Å². The van der Waals surface area contributed by atoms with E-state index in [1.807, 2.05) is 56.0 Å². The van der Waals surface area contributed by atoms with Crippen molar-refractivity contribution in [2.75, 3.05) is 30.0 Å².